The summed E-state index contributed by atoms with van der Waals surface area (Å²) in [6, 6.07) is 4.17. The second kappa shape index (κ2) is 5.89. The van der Waals surface area contributed by atoms with E-state index in [4.69, 9.17) is 0 Å². The Hall–Kier alpha value is -1.51. The molecule has 0 saturated carbocycles. The van der Waals surface area contributed by atoms with E-state index in [0.29, 0.717) is 12.1 Å². The molecule has 1 aromatic carbocycles. The zero-order valence-electron chi connectivity index (χ0n) is 10.1. The van der Waals surface area contributed by atoms with Crippen molar-refractivity contribution in [3.8, 4) is 0 Å². The molecule has 18 heavy (non-hydrogen) atoms. The van der Waals surface area contributed by atoms with Crippen LogP contribution in [0.5, 0.6) is 0 Å². The van der Waals surface area contributed by atoms with Gasteiger partial charge in [0, 0.05) is 19.2 Å². The number of sulfonamides is 1. The number of aryl methyl sites for hydroxylation is 1. The monoisotopic (exact) mass is 273 g/mol. The standard InChI is InChI=1S/C10H15N3O4S/c1-8-4-3-5-9(13(14)15)10(8)18(16,17)12-7-6-11-2/h3-5,11-12H,6-7H2,1-2H3. The lowest BCUT2D eigenvalue weighted by molar-refractivity contribution is -0.387. The minimum absolute atomic E-state index is 0.171. The predicted octanol–water partition coefficient (Wildman–Crippen LogP) is 0.401. The average Bonchev–Trinajstić information content (AvgIpc) is 2.28. The molecule has 0 aliphatic carbocycles. The van der Waals surface area contributed by atoms with Crippen LogP contribution in [0, 0.1) is 17.0 Å². The SMILES string of the molecule is CNCCNS(=O)(=O)c1c(C)cccc1[N+](=O)[O-]. The van der Waals surface area contributed by atoms with Crippen LogP contribution in [0.2, 0.25) is 0 Å². The fraction of sp³-hybridized carbons (Fsp3) is 0.400. The van der Waals surface area contributed by atoms with Crippen LogP contribution in [-0.4, -0.2) is 33.5 Å². The summed E-state index contributed by atoms with van der Waals surface area (Å²) in [5, 5.41) is 13.6. The molecular weight excluding hydrogens is 258 g/mol. The number of benzene rings is 1. The summed E-state index contributed by atoms with van der Waals surface area (Å²) in [4.78, 5) is 9.88. The van der Waals surface area contributed by atoms with Crippen molar-refractivity contribution in [2.45, 2.75) is 11.8 Å². The molecule has 0 amide bonds. The van der Waals surface area contributed by atoms with Gasteiger partial charge in [0.05, 0.1) is 4.92 Å². The van der Waals surface area contributed by atoms with Crippen molar-refractivity contribution in [1.82, 2.24) is 10.0 Å². The lowest BCUT2D eigenvalue weighted by Crippen LogP contribution is -2.31. The molecule has 0 heterocycles. The molecule has 0 unspecified atom stereocenters. The Morgan fingerprint density at radius 1 is 1.33 bits per heavy atom. The summed E-state index contributed by atoms with van der Waals surface area (Å²) in [7, 11) is -2.19. The Kier molecular flexibility index (Phi) is 4.76. The highest BCUT2D eigenvalue weighted by Gasteiger charge is 2.27. The third-order valence-electron chi connectivity index (χ3n) is 2.32. The first kappa shape index (κ1) is 14.6. The van der Waals surface area contributed by atoms with Gasteiger partial charge in [0.15, 0.2) is 4.90 Å². The molecule has 0 radical (unpaired) electrons. The van der Waals surface area contributed by atoms with Gasteiger partial charge in [-0.3, -0.25) is 10.1 Å². The Bertz CT molecular complexity index is 542. The van der Waals surface area contributed by atoms with Gasteiger partial charge in [-0.25, -0.2) is 13.1 Å². The highest BCUT2D eigenvalue weighted by atomic mass is 32.2. The number of hydrogen-bond donors (Lipinski definition) is 2. The molecule has 8 heteroatoms. The van der Waals surface area contributed by atoms with Crippen LogP contribution in [0.15, 0.2) is 23.1 Å². The van der Waals surface area contributed by atoms with E-state index in [1.165, 1.54) is 25.1 Å². The lowest BCUT2D eigenvalue weighted by Gasteiger charge is -2.09. The first-order valence-electron chi connectivity index (χ1n) is 5.28. The van der Waals surface area contributed by atoms with E-state index in [0.717, 1.165) is 0 Å². The van der Waals surface area contributed by atoms with Crippen LogP contribution in [0.1, 0.15) is 5.56 Å². The van der Waals surface area contributed by atoms with E-state index in [2.05, 4.69) is 10.0 Å². The minimum atomic E-state index is -3.87. The van der Waals surface area contributed by atoms with Crippen molar-refractivity contribution < 1.29 is 13.3 Å². The zero-order valence-corrected chi connectivity index (χ0v) is 11.0. The number of nitrogens with zero attached hydrogens (tertiary/aromatic N) is 1. The maximum absolute atomic E-state index is 12.0. The number of nitro benzene ring substituents is 1. The molecular formula is C10H15N3O4S. The molecule has 7 nitrogen and oxygen atoms in total. The van der Waals surface area contributed by atoms with Crippen LogP contribution in [0.3, 0.4) is 0 Å². The molecule has 0 bridgehead atoms. The van der Waals surface area contributed by atoms with Gasteiger partial charge in [0.25, 0.3) is 5.69 Å². The van der Waals surface area contributed by atoms with Gasteiger partial charge in [-0.2, -0.15) is 0 Å². The van der Waals surface area contributed by atoms with Gasteiger partial charge >= 0.3 is 0 Å². The molecule has 0 spiro atoms. The topological polar surface area (TPSA) is 101 Å². The van der Waals surface area contributed by atoms with Gasteiger partial charge in [0.2, 0.25) is 10.0 Å². The smallest absolute Gasteiger partial charge is 0.289 e. The van der Waals surface area contributed by atoms with Crippen molar-refractivity contribution in [3.05, 3.63) is 33.9 Å². The van der Waals surface area contributed by atoms with E-state index >= 15 is 0 Å². The largest absolute Gasteiger partial charge is 0.318 e. The first-order valence-corrected chi connectivity index (χ1v) is 6.76. The van der Waals surface area contributed by atoms with Crippen LogP contribution in [0.25, 0.3) is 0 Å². The molecule has 0 aliphatic rings. The summed E-state index contributed by atoms with van der Waals surface area (Å²) in [6.07, 6.45) is 0. The normalized spacial score (nSPS) is 11.4. The van der Waals surface area contributed by atoms with Crippen LogP contribution < -0.4 is 10.0 Å². The van der Waals surface area contributed by atoms with Gasteiger partial charge in [-0.05, 0) is 19.5 Å². The Labute approximate surface area is 105 Å². The second-order valence-electron chi connectivity index (χ2n) is 3.68. The summed E-state index contributed by atoms with van der Waals surface area (Å²) >= 11 is 0. The van der Waals surface area contributed by atoms with E-state index < -0.39 is 20.6 Å². The maximum Gasteiger partial charge on any atom is 0.289 e. The third kappa shape index (κ3) is 3.25. The van der Waals surface area contributed by atoms with Gasteiger partial charge in [0.1, 0.15) is 0 Å². The fourth-order valence-corrected chi connectivity index (χ4v) is 2.94. The third-order valence-corrected chi connectivity index (χ3v) is 3.98. The second-order valence-corrected chi connectivity index (χ2v) is 5.39. The highest BCUT2D eigenvalue weighted by molar-refractivity contribution is 7.89. The summed E-state index contributed by atoms with van der Waals surface area (Å²) in [5.74, 6) is 0. The van der Waals surface area contributed by atoms with Gasteiger partial charge < -0.3 is 5.32 Å². The Morgan fingerprint density at radius 2 is 2.00 bits per heavy atom. The molecule has 0 fully saturated rings. The van der Waals surface area contributed by atoms with Gasteiger partial charge in [-0.15, -0.1) is 0 Å². The number of rotatable bonds is 6. The fourth-order valence-electron chi connectivity index (χ4n) is 1.51. The summed E-state index contributed by atoms with van der Waals surface area (Å²) in [5.41, 5.74) is -0.0619. The van der Waals surface area contributed by atoms with Crippen molar-refractivity contribution in [2.24, 2.45) is 0 Å². The van der Waals surface area contributed by atoms with E-state index in [1.54, 1.807) is 7.05 Å². The van der Waals surface area contributed by atoms with E-state index in [-0.39, 0.29) is 11.4 Å². The maximum atomic E-state index is 12.0. The summed E-state index contributed by atoms with van der Waals surface area (Å²) in [6.45, 7) is 2.14. The van der Waals surface area contributed by atoms with E-state index in [9.17, 15) is 18.5 Å². The number of nitro groups is 1. The average molecular weight is 273 g/mol. The Balaban J connectivity index is 3.19. The molecule has 0 aliphatic heterocycles. The van der Waals surface area contributed by atoms with Crippen molar-refractivity contribution in [1.29, 1.82) is 0 Å². The number of nitrogens with one attached hydrogen (secondary N) is 2. The molecule has 1 rings (SSSR count). The number of likely N-dealkylation sites (N-methyl/N-ethyl adjacent to an activating group) is 1. The van der Waals surface area contributed by atoms with Gasteiger partial charge in [-0.1, -0.05) is 12.1 Å². The summed E-state index contributed by atoms with van der Waals surface area (Å²) < 4.78 is 26.3. The molecule has 1 aromatic rings. The molecule has 0 saturated heterocycles. The zero-order chi connectivity index (χ0) is 13.8. The predicted molar refractivity (Wildman–Crippen MR) is 66.9 cm³/mol. The minimum Gasteiger partial charge on any atom is -0.318 e. The lowest BCUT2D eigenvalue weighted by atomic mass is 10.2. The van der Waals surface area contributed by atoms with Crippen LogP contribution in [0.4, 0.5) is 5.69 Å². The molecule has 2 N–H and O–H groups in total. The quantitative estimate of drug-likeness (QED) is 0.444. The molecule has 0 atom stereocenters. The Morgan fingerprint density at radius 3 is 2.56 bits per heavy atom. The molecule has 100 valence electrons. The van der Waals surface area contributed by atoms with Crippen LogP contribution >= 0.6 is 0 Å². The van der Waals surface area contributed by atoms with Crippen molar-refractivity contribution in [3.63, 3.8) is 0 Å². The number of hydrogen-bond acceptors (Lipinski definition) is 5. The van der Waals surface area contributed by atoms with Crippen LogP contribution in [-0.2, 0) is 10.0 Å². The van der Waals surface area contributed by atoms with Crippen molar-refractivity contribution in [2.75, 3.05) is 20.1 Å². The first-order chi connectivity index (χ1) is 8.40. The van der Waals surface area contributed by atoms with Crippen molar-refractivity contribution >= 4 is 15.7 Å². The van der Waals surface area contributed by atoms with E-state index in [1.807, 2.05) is 0 Å². The highest BCUT2D eigenvalue weighted by Crippen LogP contribution is 2.26. The molecule has 0 aromatic heterocycles.